The zero-order valence-corrected chi connectivity index (χ0v) is 17.0. The Morgan fingerprint density at radius 2 is 1.93 bits per heavy atom. The highest BCUT2D eigenvalue weighted by molar-refractivity contribution is 5.39. The Morgan fingerprint density at radius 1 is 1.10 bits per heavy atom. The molecular weight excluding hydrogens is 372 g/mol. The van der Waals surface area contributed by atoms with Gasteiger partial charge in [-0.2, -0.15) is 10.1 Å². The van der Waals surface area contributed by atoms with Crippen LogP contribution in [0.1, 0.15) is 36.9 Å². The third kappa shape index (κ3) is 4.60. The first-order valence-corrected chi connectivity index (χ1v) is 9.81. The summed E-state index contributed by atoms with van der Waals surface area (Å²) in [6.07, 6.45) is 2.75. The molecule has 0 saturated carbocycles. The molecule has 3 aromatic heterocycles. The Hall–Kier alpha value is -2.85. The first-order chi connectivity index (χ1) is 14.1. The zero-order valence-electron chi connectivity index (χ0n) is 17.0. The van der Waals surface area contributed by atoms with Gasteiger partial charge in [0.2, 0.25) is 5.89 Å². The number of hydrogen-bond acceptors (Lipinski definition) is 9. The normalized spacial score (nSPS) is 16.7. The quantitative estimate of drug-likeness (QED) is 0.615. The molecule has 0 bridgehead atoms. The van der Waals surface area contributed by atoms with E-state index in [1.165, 1.54) is 0 Å². The second kappa shape index (κ2) is 8.66. The van der Waals surface area contributed by atoms with Crippen LogP contribution < -0.4 is 4.90 Å². The zero-order chi connectivity index (χ0) is 20.2. The van der Waals surface area contributed by atoms with Gasteiger partial charge in [0, 0.05) is 39.5 Å². The van der Waals surface area contributed by atoms with E-state index in [2.05, 4.69) is 35.2 Å². The first kappa shape index (κ1) is 19.5. The maximum atomic E-state index is 5.37. The molecule has 1 fully saturated rings. The monoisotopic (exact) mass is 398 g/mol. The van der Waals surface area contributed by atoms with Gasteiger partial charge < -0.3 is 14.2 Å². The van der Waals surface area contributed by atoms with Gasteiger partial charge in [0.15, 0.2) is 17.5 Å². The van der Waals surface area contributed by atoms with E-state index >= 15 is 0 Å². The second-order valence-corrected chi connectivity index (χ2v) is 7.19. The molecule has 1 unspecified atom stereocenters. The van der Waals surface area contributed by atoms with E-state index in [1.807, 2.05) is 38.2 Å². The maximum Gasteiger partial charge on any atom is 0.240 e. The van der Waals surface area contributed by atoms with Crippen LogP contribution in [-0.4, -0.2) is 68.3 Å². The number of hydrogen-bond donors (Lipinski definition) is 0. The molecule has 10 nitrogen and oxygen atoms in total. The number of nitrogens with zero attached hydrogens (tertiary/aromatic N) is 8. The van der Waals surface area contributed by atoms with Crippen molar-refractivity contribution in [3.8, 4) is 5.82 Å². The Bertz CT molecular complexity index is 922. The fraction of sp³-hybridized carbons (Fsp3) is 0.526. The van der Waals surface area contributed by atoms with Gasteiger partial charge in [-0.05, 0) is 38.5 Å². The van der Waals surface area contributed by atoms with E-state index < -0.39 is 0 Å². The van der Waals surface area contributed by atoms with Gasteiger partial charge in [-0.3, -0.25) is 4.90 Å². The molecule has 0 N–H and O–H groups in total. The van der Waals surface area contributed by atoms with Gasteiger partial charge in [0.1, 0.15) is 6.10 Å². The summed E-state index contributed by atoms with van der Waals surface area (Å²) in [4.78, 5) is 9.02. The highest BCUT2D eigenvalue weighted by Crippen LogP contribution is 2.17. The van der Waals surface area contributed by atoms with Crippen molar-refractivity contribution < 1.29 is 9.26 Å². The molecule has 10 heteroatoms. The summed E-state index contributed by atoms with van der Waals surface area (Å²) in [6.45, 7) is 8.14. The number of aryl methyl sites for hydroxylation is 1. The van der Waals surface area contributed by atoms with Gasteiger partial charge >= 0.3 is 0 Å². The number of methoxy groups -OCH3 is 1. The summed E-state index contributed by atoms with van der Waals surface area (Å²) in [7, 11) is 1.63. The molecule has 4 rings (SSSR count). The molecule has 4 heterocycles. The van der Waals surface area contributed by atoms with Crippen LogP contribution in [0.15, 0.2) is 28.9 Å². The molecule has 1 saturated heterocycles. The van der Waals surface area contributed by atoms with Gasteiger partial charge in [0.25, 0.3) is 0 Å². The summed E-state index contributed by atoms with van der Waals surface area (Å²) in [5.41, 5.74) is 0.952. The lowest BCUT2D eigenvalue weighted by Gasteiger charge is -2.21. The van der Waals surface area contributed by atoms with Crippen molar-refractivity contribution in [3.05, 3.63) is 41.8 Å². The summed E-state index contributed by atoms with van der Waals surface area (Å²) in [6, 6.07) is 5.90. The minimum atomic E-state index is -0.167. The molecule has 1 aliphatic rings. The topological polar surface area (TPSA) is 98.2 Å². The average molecular weight is 398 g/mol. The standard InChI is InChI=1S/C19H26N8O2/c1-14-7-10-27(23-14)17-6-5-16(21-22-17)26-9-4-8-25(11-12-26)13-18-20-19(24-29-18)15(2)28-3/h5-7,10,15H,4,8-9,11-13H2,1-3H3. The largest absolute Gasteiger partial charge is 0.374 e. The predicted octanol–water partition coefficient (Wildman–Crippen LogP) is 1.77. The van der Waals surface area contributed by atoms with E-state index in [0.29, 0.717) is 18.3 Å². The fourth-order valence-corrected chi connectivity index (χ4v) is 3.30. The number of rotatable bonds is 6. The van der Waals surface area contributed by atoms with Crippen LogP contribution in [-0.2, 0) is 11.3 Å². The molecule has 0 amide bonds. The van der Waals surface area contributed by atoms with Crippen LogP contribution in [0.5, 0.6) is 0 Å². The fourth-order valence-electron chi connectivity index (χ4n) is 3.30. The molecule has 0 radical (unpaired) electrons. The van der Waals surface area contributed by atoms with Crippen LogP contribution in [0.3, 0.4) is 0 Å². The van der Waals surface area contributed by atoms with Crippen LogP contribution >= 0.6 is 0 Å². The maximum absolute atomic E-state index is 5.37. The summed E-state index contributed by atoms with van der Waals surface area (Å²) >= 11 is 0. The van der Waals surface area contributed by atoms with Crippen molar-refractivity contribution in [2.24, 2.45) is 0 Å². The van der Waals surface area contributed by atoms with Gasteiger partial charge in [-0.25, -0.2) is 4.68 Å². The SMILES string of the molecule is COC(C)c1noc(CN2CCCN(c3ccc(-n4ccc(C)n4)nn3)CC2)n1. The number of aromatic nitrogens is 6. The lowest BCUT2D eigenvalue weighted by atomic mass is 10.3. The van der Waals surface area contributed by atoms with E-state index in [9.17, 15) is 0 Å². The molecule has 154 valence electrons. The van der Waals surface area contributed by atoms with Crippen LogP contribution in [0.2, 0.25) is 0 Å². The van der Waals surface area contributed by atoms with Crippen molar-refractivity contribution in [2.45, 2.75) is 32.9 Å². The summed E-state index contributed by atoms with van der Waals surface area (Å²) < 4.78 is 12.3. The minimum Gasteiger partial charge on any atom is -0.374 e. The Kier molecular flexibility index (Phi) is 5.81. The molecule has 0 aromatic carbocycles. The lowest BCUT2D eigenvalue weighted by Crippen LogP contribution is -2.31. The van der Waals surface area contributed by atoms with Crippen LogP contribution in [0.4, 0.5) is 5.82 Å². The smallest absolute Gasteiger partial charge is 0.240 e. The molecule has 1 atom stereocenters. The third-order valence-electron chi connectivity index (χ3n) is 5.07. The van der Waals surface area contributed by atoms with Gasteiger partial charge in [-0.1, -0.05) is 5.16 Å². The van der Waals surface area contributed by atoms with E-state index in [-0.39, 0.29) is 6.10 Å². The van der Waals surface area contributed by atoms with E-state index in [0.717, 1.165) is 49.9 Å². The molecule has 29 heavy (non-hydrogen) atoms. The van der Waals surface area contributed by atoms with Crippen molar-refractivity contribution in [1.82, 2.24) is 35.0 Å². The Balaban J connectivity index is 1.35. The van der Waals surface area contributed by atoms with Crippen LogP contribution in [0.25, 0.3) is 5.82 Å². The molecular formula is C19H26N8O2. The van der Waals surface area contributed by atoms with Gasteiger partial charge in [-0.15, -0.1) is 10.2 Å². The minimum absolute atomic E-state index is 0.167. The molecule has 0 spiro atoms. The molecule has 3 aromatic rings. The molecule has 1 aliphatic heterocycles. The van der Waals surface area contributed by atoms with Crippen molar-refractivity contribution >= 4 is 5.82 Å². The van der Waals surface area contributed by atoms with Crippen molar-refractivity contribution in [2.75, 3.05) is 38.2 Å². The third-order valence-corrected chi connectivity index (χ3v) is 5.07. The predicted molar refractivity (Wildman–Crippen MR) is 106 cm³/mol. The Morgan fingerprint density at radius 3 is 2.66 bits per heavy atom. The number of ether oxygens (including phenoxy) is 1. The van der Waals surface area contributed by atoms with E-state index in [1.54, 1.807) is 11.8 Å². The summed E-state index contributed by atoms with van der Waals surface area (Å²) in [5, 5.41) is 17.1. The number of anilines is 1. The lowest BCUT2D eigenvalue weighted by molar-refractivity contribution is 0.109. The van der Waals surface area contributed by atoms with Crippen molar-refractivity contribution in [3.63, 3.8) is 0 Å². The van der Waals surface area contributed by atoms with E-state index in [4.69, 9.17) is 9.26 Å². The Labute approximate surface area is 169 Å². The molecule has 0 aliphatic carbocycles. The highest BCUT2D eigenvalue weighted by Gasteiger charge is 2.20. The van der Waals surface area contributed by atoms with Crippen LogP contribution in [0, 0.1) is 6.92 Å². The first-order valence-electron chi connectivity index (χ1n) is 9.81. The second-order valence-electron chi connectivity index (χ2n) is 7.19. The average Bonchev–Trinajstić information content (AvgIpc) is 3.32. The highest BCUT2D eigenvalue weighted by atomic mass is 16.5. The van der Waals surface area contributed by atoms with Crippen molar-refractivity contribution in [1.29, 1.82) is 0 Å². The van der Waals surface area contributed by atoms with Gasteiger partial charge in [0.05, 0.1) is 12.2 Å². The summed E-state index contributed by atoms with van der Waals surface area (Å²) in [5.74, 6) is 2.81.